The van der Waals surface area contributed by atoms with Gasteiger partial charge < -0.3 is 0 Å². The summed E-state index contributed by atoms with van der Waals surface area (Å²) in [5, 5.41) is 0. The monoisotopic (exact) mass is 279 g/mol. The molecule has 1 aromatic carbocycles. The van der Waals surface area contributed by atoms with Gasteiger partial charge >= 0.3 is 6.18 Å². The molecule has 0 amide bonds. The second-order valence-electron chi connectivity index (χ2n) is 4.28. The van der Waals surface area contributed by atoms with Gasteiger partial charge in [-0.3, -0.25) is 0 Å². The molecule has 1 aliphatic rings. The van der Waals surface area contributed by atoms with Crippen molar-refractivity contribution in [3.8, 4) is 0 Å². The van der Waals surface area contributed by atoms with Crippen molar-refractivity contribution in [2.24, 2.45) is 0 Å². The van der Waals surface area contributed by atoms with E-state index >= 15 is 0 Å². The normalized spacial score (nSPS) is 17.2. The smallest absolute Gasteiger partial charge is 0.207 e. The Bertz CT molecular complexity index is 550. The van der Waals surface area contributed by atoms with E-state index in [4.69, 9.17) is 0 Å². The van der Waals surface area contributed by atoms with Crippen molar-refractivity contribution >= 4 is 10.0 Å². The van der Waals surface area contributed by atoms with E-state index in [1.165, 1.54) is 13.1 Å². The quantitative estimate of drug-likeness (QED) is 0.852. The van der Waals surface area contributed by atoms with Gasteiger partial charge in [-0.25, -0.2) is 8.42 Å². The van der Waals surface area contributed by atoms with E-state index < -0.39 is 21.8 Å². The van der Waals surface area contributed by atoms with Crippen molar-refractivity contribution in [2.45, 2.75) is 30.0 Å². The van der Waals surface area contributed by atoms with Crippen LogP contribution in [0.5, 0.6) is 0 Å². The van der Waals surface area contributed by atoms with Crippen LogP contribution in [-0.2, 0) is 16.2 Å². The zero-order valence-electron chi connectivity index (χ0n) is 9.61. The second kappa shape index (κ2) is 4.24. The Morgan fingerprint density at radius 1 is 1.28 bits per heavy atom. The fraction of sp³-hybridized carbons (Fsp3) is 0.455. The average Bonchev–Trinajstić information content (AvgIpc) is 3.11. The molecular formula is C11H12F3NO2S. The summed E-state index contributed by atoms with van der Waals surface area (Å²) < 4.78 is 62.8. The molecule has 1 saturated carbocycles. The van der Waals surface area contributed by atoms with Crippen molar-refractivity contribution in [3.63, 3.8) is 0 Å². The van der Waals surface area contributed by atoms with E-state index in [2.05, 4.69) is 0 Å². The summed E-state index contributed by atoms with van der Waals surface area (Å²) in [6.07, 6.45) is -3.02. The summed E-state index contributed by atoms with van der Waals surface area (Å²) in [6, 6.07) is 3.74. The molecule has 7 heteroatoms. The maximum Gasteiger partial charge on any atom is 0.416 e. The number of halogens is 3. The van der Waals surface area contributed by atoms with E-state index in [0.29, 0.717) is 6.07 Å². The number of alkyl halides is 3. The van der Waals surface area contributed by atoms with Crippen molar-refractivity contribution in [3.05, 3.63) is 29.8 Å². The van der Waals surface area contributed by atoms with Crippen LogP contribution in [0.25, 0.3) is 0 Å². The van der Waals surface area contributed by atoms with Crippen LogP contribution in [0.1, 0.15) is 18.4 Å². The molecule has 0 heterocycles. The van der Waals surface area contributed by atoms with Gasteiger partial charge in [-0.1, -0.05) is 6.07 Å². The zero-order valence-corrected chi connectivity index (χ0v) is 10.4. The fourth-order valence-corrected chi connectivity index (χ4v) is 3.10. The van der Waals surface area contributed by atoms with Gasteiger partial charge in [-0.05, 0) is 31.0 Å². The molecule has 0 aliphatic heterocycles. The first kappa shape index (κ1) is 13.4. The minimum absolute atomic E-state index is 0.0791. The van der Waals surface area contributed by atoms with Crippen LogP contribution < -0.4 is 0 Å². The number of rotatable bonds is 3. The highest BCUT2D eigenvalue weighted by Gasteiger charge is 2.36. The number of sulfonamides is 1. The average molecular weight is 279 g/mol. The highest BCUT2D eigenvalue weighted by atomic mass is 32.2. The van der Waals surface area contributed by atoms with Crippen LogP contribution in [0.4, 0.5) is 13.2 Å². The predicted molar refractivity (Wildman–Crippen MR) is 59.4 cm³/mol. The minimum Gasteiger partial charge on any atom is -0.207 e. The third-order valence-corrected chi connectivity index (χ3v) is 4.81. The lowest BCUT2D eigenvalue weighted by Crippen LogP contribution is -2.29. The highest BCUT2D eigenvalue weighted by Crippen LogP contribution is 2.33. The maximum absolute atomic E-state index is 12.5. The van der Waals surface area contributed by atoms with E-state index in [1.807, 2.05) is 0 Å². The molecule has 1 fully saturated rings. The lowest BCUT2D eigenvalue weighted by molar-refractivity contribution is -0.137. The summed E-state index contributed by atoms with van der Waals surface area (Å²) in [5.74, 6) is 0. The van der Waals surface area contributed by atoms with Crippen molar-refractivity contribution in [1.82, 2.24) is 4.31 Å². The molecule has 1 aromatic rings. The molecule has 2 rings (SSSR count). The van der Waals surface area contributed by atoms with E-state index in [0.717, 1.165) is 29.3 Å². The molecule has 1 aliphatic carbocycles. The molecule has 0 bridgehead atoms. The Balaban J connectivity index is 2.39. The lowest BCUT2D eigenvalue weighted by atomic mass is 10.2. The van der Waals surface area contributed by atoms with Crippen LogP contribution in [0, 0.1) is 0 Å². The molecule has 0 N–H and O–H groups in total. The minimum atomic E-state index is -4.54. The molecule has 0 radical (unpaired) electrons. The number of nitrogens with zero attached hydrogens (tertiary/aromatic N) is 1. The predicted octanol–water partition coefficient (Wildman–Crippen LogP) is 2.49. The largest absolute Gasteiger partial charge is 0.416 e. The van der Waals surface area contributed by atoms with Gasteiger partial charge in [0.25, 0.3) is 0 Å². The molecule has 0 spiro atoms. The van der Waals surface area contributed by atoms with E-state index in [-0.39, 0.29) is 10.9 Å². The van der Waals surface area contributed by atoms with Crippen molar-refractivity contribution < 1.29 is 21.6 Å². The van der Waals surface area contributed by atoms with E-state index in [1.54, 1.807) is 0 Å². The van der Waals surface area contributed by atoms with Crippen LogP contribution >= 0.6 is 0 Å². The standard InChI is InChI=1S/C11H12F3NO2S/c1-15(9-5-6-9)18(16,17)10-4-2-3-8(7-10)11(12,13)14/h2-4,7,9H,5-6H2,1H3. The third-order valence-electron chi connectivity index (χ3n) is 2.90. The third kappa shape index (κ3) is 2.51. The van der Waals surface area contributed by atoms with Crippen molar-refractivity contribution in [1.29, 1.82) is 0 Å². The lowest BCUT2D eigenvalue weighted by Gasteiger charge is -2.17. The highest BCUT2D eigenvalue weighted by molar-refractivity contribution is 7.89. The zero-order chi connectivity index (χ0) is 13.6. The first-order chi connectivity index (χ1) is 8.23. The molecule has 18 heavy (non-hydrogen) atoms. The SMILES string of the molecule is CN(C1CC1)S(=O)(=O)c1cccc(C(F)(F)F)c1. The Hall–Kier alpha value is -1.08. The molecular weight excluding hydrogens is 267 g/mol. The fourth-order valence-electron chi connectivity index (χ4n) is 1.63. The number of benzene rings is 1. The maximum atomic E-state index is 12.5. The van der Waals surface area contributed by atoms with Crippen LogP contribution in [0.15, 0.2) is 29.2 Å². The molecule has 3 nitrogen and oxygen atoms in total. The van der Waals surface area contributed by atoms with Gasteiger partial charge in [-0.15, -0.1) is 0 Å². The van der Waals surface area contributed by atoms with Crippen LogP contribution in [-0.4, -0.2) is 25.8 Å². The van der Waals surface area contributed by atoms with Crippen LogP contribution in [0.2, 0.25) is 0 Å². The Morgan fingerprint density at radius 3 is 2.39 bits per heavy atom. The molecule has 0 saturated heterocycles. The van der Waals surface area contributed by atoms with Gasteiger partial charge in [-0.2, -0.15) is 17.5 Å². The van der Waals surface area contributed by atoms with Gasteiger partial charge in [0.05, 0.1) is 10.5 Å². The summed E-state index contributed by atoms with van der Waals surface area (Å²) in [4.78, 5) is -0.313. The molecule has 100 valence electrons. The molecule has 0 unspecified atom stereocenters. The van der Waals surface area contributed by atoms with Gasteiger partial charge in [0.2, 0.25) is 10.0 Å². The number of hydrogen-bond donors (Lipinski definition) is 0. The Kier molecular flexibility index (Phi) is 3.14. The van der Waals surface area contributed by atoms with Gasteiger partial charge in [0.15, 0.2) is 0 Å². The second-order valence-corrected chi connectivity index (χ2v) is 6.28. The van der Waals surface area contributed by atoms with Gasteiger partial charge in [0.1, 0.15) is 0 Å². The van der Waals surface area contributed by atoms with Crippen molar-refractivity contribution in [2.75, 3.05) is 7.05 Å². The topological polar surface area (TPSA) is 37.4 Å². The summed E-state index contributed by atoms with van der Waals surface area (Å²) >= 11 is 0. The first-order valence-corrected chi connectivity index (χ1v) is 6.82. The first-order valence-electron chi connectivity index (χ1n) is 5.38. The van der Waals surface area contributed by atoms with Gasteiger partial charge in [0, 0.05) is 13.1 Å². The van der Waals surface area contributed by atoms with Crippen LogP contribution in [0.3, 0.4) is 0 Å². The van der Waals surface area contributed by atoms with E-state index in [9.17, 15) is 21.6 Å². The molecule has 0 aromatic heterocycles. The number of hydrogen-bond acceptors (Lipinski definition) is 2. The summed E-state index contributed by atoms with van der Waals surface area (Å²) in [7, 11) is -2.43. The summed E-state index contributed by atoms with van der Waals surface area (Å²) in [6.45, 7) is 0. The molecule has 0 atom stereocenters. The Morgan fingerprint density at radius 2 is 1.89 bits per heavy atom. The summed E-state index contributed by atoms with van der Waals surface area (Å²) in [5.41, 5.74) is -0.951. The Labute approximate surface area is 103 Å².